The Morgan fingerprint density at radius 1 is 1.18 bits per heavy atom. The number of hydrogen-bond acceptors (Lipinski definition) is 6. The molecular formula is C11H19N3O3. The average molecular weight is 241 g/mol. The maximum atomic E-state index is 5.10. The van der Waals surface area contributed by atoms with Gasteiger partial charge in [0.2, 0.25) is 17.7 Å². The summed E-state index contributed by atoms with van der Waals surface area (Å²) in [5.41, 5.74) is 0. The zero-order valence-electron chi connectivity index (χ0n) is 10.7. The highest BCUT2D eigenvalue weighted by molar-refractivity contribution is 5.34. The quantitative estimate of drug-likeness (QED) is 0.777. The highest BCUT2D eigenvalue weighted by Crippen LogP contribution is 2.18. The normalized spacial score (nSPS) is 12.0. The number of rotatable bonds is 7. The minimum Gasteiger partial charge on any atom is -0.481 e. The Morgan fingerprint density at radius 2 is 1.76 bits per heavy atom. The summed E-state index contributed by atoms with van der Waals surface area (Å²) < 4.78 is 15.2. The van der Waals surface area contributed by atoms with Crippen molar-refractivity contribution in [2.75, 3.05) is 33.3 Å². The lowest BCUT2D eigenvalue weighted by molar-refractivity contribution is 0.184. The number of nitrogens with one attached hydrogen (secondary N) is 1. The summed E-state index contributed by atoms with van der Waals surface area (Å²) >= 11 is 0. The van der Waals surface area contributed by atoms with Crippen LogP contribution in [0, 0.1) is 0 Å². The Hall–Kier alpha value is -1.56. The molecule has 0 aliphatic heterocycles. The van der Waals surface area contributed by atoms with Gasteiger partial charge in [-0.05, 0) is 6.42 Å². The Bertz CT molecular complexity index is 324. The second-order valence-electron chi connectivity index (χ2n) is 3.48. The summed E-state index contributed by atoms with van der Waals surface area (Å²) in [5, 5.41) is 3.17. The fraction of sp³-hybridized carbons (Fsp3) is 0.636. The molecule has 1 rings (SSSR count). The van der Waals surface area contributed by atoms with Gasteiger partial charge in [0.1, 0.15) is 0 Å². The second kappa shape index (κ2) is 6.90. The van der Waals surface area contributed by atoms with Gasteiger partial charge in [0.25, 0.3) is 0 Å². The molecule has 0 aliphatic rings. The Labute approximate surface area is 101 Å². The third kappa shape index (κ3) is 4.07. The van der Waals surface area contributed by atoms with Crippen LogP contribution < -0.4 is 14.8 Å². The second-order valence-corrected chi connectivity index (χ2v) is 3.48. The highest BCUT2D eigenvalue weighted by Gasteiger charge is 2.10. The predicted molar refractivity (Wildman–Crippen MR) is 64.7 cm³/mol. The van der Waals surface area contributed by atoms with Crippen molar-refractivity contribution in [1.82, 2.24) is 9.97 Å². The molecule has 1 N–H and O–H groups in total. The van der Waals surface area contributed by atoms with Gasteiger partial charge < -0.3 is 19.5 Å². The average Bonchev–Trinajstić information content (AvgIpc) is 2.37. The minimum absolute atomic E-state index is 0.164. The van der Waals surface area contributed by atoms with Crippen LogP contribution in [0.3, 0.4) is 0 Å². The van der Waals surface area contributed by atoms with Crippen LogP contribution in [0.15, 0.2) is 6.07 Å². The number of nitrogens with zero attached hydrogens (tertiary/aromatic N) is 2. The third-order valence-corrected chi connectivity index (χ3v) is 2.29. The van der Waals surface area contributed by atoms with E-state index in [4.69, 9.17) is 14.2 Å². The van der Waals surface area contributed by atoms with Crippen LogP contribution in [0.4, 0.5) is 5.95 Å². The summed E-state index contributed by atoms with van der Waals surface area (Å²) in [7, 11) is 4.77. The topological polar surface area (TPSA) is 65.5 Å². The van der Waals surface area contributed by atoms with Gasteiger partial charge in [-0.15, -0.1) is 0 Å². The molecule has 96 valence electrons. The molecule has 0 amide bonds. The van der Waals surface area contributed by atoms with Crippen LogP contribution in [0.25, 0.3) is 0 Å². The van der Waals surface area contributed by atoms with Crippen molar-refractivity contribution in [3.8, 4) is 11.8 Å². The Morgan fingerprint density at radius 3 is 2.18 bits per heavy atom. The summed E-state index contributed by atoms with van der Waals surface area (Å²) in [6.07, 6.45) is 0.913. The van der Waals surface area contributed by atoms with E-state index in [1.807, 2.05) is 0 Å². The fourth-order valence-corrected chi connectivity index (χ4v) is 1.32. The van der Waals surface area contributed by atoms with Crippen LogP contribution in [0.2, 0.25) is 0 Å². The smallest absolute Gasteiger partial charge is 0.229 e. The number of aromatic nitrogens is 2. The lowest BCUT2D eigenvalue weighted by atomic mass is 10.2. The molecule has 0 bridgehead atoms. The van der Waals surface area contributed by atoms with Crippen LogP contribution in [0.5, 0.6) is 11.8 Å². The van der Waals surface area contributed by atoms with E-state index in [9.17, 15) is 0 Å². The van der Waals surface area contributed by atoms with E-state index in [0.717, 1.165) is 6.42 Å². The molecule has 1 aromatic rings. The molecule has 1 heterocycles. The molecule has 0 saturated heterocycles. The third-order valence-electron chi connectivity index (χ3n) is 2.29. The van der Waals surface area contributed by atoms with Crippen LogP contribution in [-0.4, -0.2) is 43.9 Å². The van der Waals surface area contributed by atoms with E-state index in [1.165, 1.54) is 0 Å². The summed E-state index contributed by atoms with van der Waals surface area (Å²) in [5.74, 6) is 1.41. The van der Waals surface area contributed by atoms with Gasteiger partial charge in [-0.3, -0.25) is 0 Å². The van der Waals surface area contributed by atoms with Gasteiger partial charge in [-0.25, -0.2) is 0 Å². The largest absolute Gasteiger partial charge is 0.481 e. The molecule has 0 spiro atoms. The highest BCUT2D eigenvalue weighted by atomic mass is 16.5. The van der Waals surface area contributed by atoms with E-state index in [1.54, 1.807) is 27.4 Å². The first-order valence-electron chi connectivity index (χ1n) is 5.46. The van der Waals surface area contributed by atoms with Gasteiger partial charge in [-0.1, -0.05) is 6.92 Å². The first-order valence-corrected chi connectivity index (χ1v) is 5.46. The molecule has 17 heavy (non-hydrogen) atoms. The molecule has 0 aliphatic carbocycles. The summed E-state index contributed by atoms with van der Waals surface area (Å²) in [6.45, 7) is 2.66. The van der Waals surface area contributed by atoms with Crippen molar-refractivity contribution in [2.24, 2.45) is 0 Å². The van der Waals surface area contributed by atoms with E-state index >= 15 is 0 Å². The molecule has 1 unspecified atom stereocenters. The summed E-state index contributed by atoms with van der Waals surface area (Å²) in [4.78, 5) is 8.38. The van der Waals surface area contributed by atoms with Crippen molar-refractivity contribution in [3.05, 3.63) is 6.07 Å². The zero-order valence-corrected chi connectivity index (χ0v) is 10.7. The molecule has 6 nitrogen and oxygen atoms in total. The molecule has 1 aromatic heterocycles. The van der Waals surface area contributed by atoms with Gasteiger partial charge >= 0.3 is 0 Å². The molecule has 0 aromatic carbocycles. The fourth-order valence-electron chi connectivity index (χ4n) is 1.32. The Kier molecular flexibility index (Phi) is 5.48. The van der Waals surface area contributed by atoms with Crippen LogP contribution in [-0.2, 0) is 4.74 Å². The van der Waals surface area contributed by atoms with Gasteiger partial charge in [0.05, 0.1) is 32.9 Å². The standard InChI is InChI=1S/C11H19N3O3/c1-5-8(7-15-2)12-11-13-9(16-3)6-10(14-11)17-4/h6,8H,5,7H2,1-4H3,(H,12,13,14). The van der Waals surface area contributed by atoms with Gasteiger partial charge in [-0.2, -0.15) is 9.97 Å². The van der Waals surface area contributed by atoms with Crippen molar-refractivity contribution in [3.63, 3.8) is 0 Å². The van der Waals surface area contributed by atoms with E-state index in [0.29, 0.717) is 24.3 Å². The molecule has 0 fully saturated rings. The SMILES string of the molecule is CCC(COC)Nc1nc(OC)cc(OC)n1. The minimum atomic E-state index is 0.164. The first-order chi connectivity index (χ1) is 8.23. The summed E-state index contributed by atoms with van der Waals surface area (Å²) in [6, 6.07) is 1.79. The van der Waals surface area contributed by atoms with Crippen molar-refractivity contribution in [1.29, 1.82) is 0 Å². The zero-order chi connectivity index (χ0) is 12.7. The van der Waals surface area contributed by atoms with Gasteiger partial charge in [0.15, 0.2) is 0 Å². The Balaban J connectivity index is 2.81. The van der Waals surface area contributed by atoms with Crippen molar-refractivity contribution < 1.29 is 14.2 Å². The number of anilines is 1. The van der Waals surface area contributed by atoms with E-state index in [-0.39, 0.29) is 6.04 Å². The lowest BCUT2D eigenvalue weighted by Crippen LogP contribution is -2.25. The monoisotopic (exact) mass is 241 g/mol. The number of methoxy groups -OCH3 is 3. The molecule has 0 saturated carbocycles. The lowest BCUT2D eigenvalue weighted by Gasteiger charge is -2.16. The molecule has 0 radical (unpaired) electrons. The van der Waals surface area contributed by atoms with Crippen LogP contribution >= 0.6 is 0 Å². The van der Waals surface area contributed by atoms with Gasteiger partial charge in [0, 0.05) is 7.11 Å². The maximum Gasteiger partial charge on any atom is 0.229 e. The molecule has 6 heteroatoms. The van der Waals surface area contributed by atoms with Crippen molar-refractivity contribution >= 4 is 5.95 Å². The van der Waals surface area contributed by atoms with E-state index < -0.39 is 0 Å². The molecular weight excluding hydrogens is 222 g/mol. The van der Waals surface area contributed by atoms with Crippen LogP contribution in [0.1, 0.15) is 13.3 Å². The molecule has 1 atom stereocenters. The first kappa shape index (κ1) is 13.5. The van der Waals surface area contributed by atoms with E-state index in [2.05, 4.69) is 22.2 Å². The number of hydrogen-bond donors (Lipinski definition) is 1. The number of ether oxygens (including phenoxy) is 3. The maximum absolute atomic E-state index is 5.10. The predicted octanol–water partition coefficient (Wildman–Crippen LogP) is 1.33. The van der Waals surface area contributed by atoms with Crippen molar-refractivity contribution in [2.45, 2.75) is 19.4 Å².